The second-order valence-electron chi connectivity index (χ2n) is 13.5. The average Bonchev–Trinajstić information content (AvgIpc) is 3.69. The molecule has 0 radical (unpaired) electrons. The van der Waals surface area contributed by atoms with Crippen molar-refractivity contribution in [3.8, 4) is 0 Å². The number of phosphoric acid groups is 3. The number of phosphoric ester groups is 3. The standard InChI is InChI=1S/C30H50N7O17P3S/c1-4-5-6-7-8-9-10-21(39)58-14-13-32-20(38)11-12-33-28(42)25(41)30(2,3)16-51-57(48,49)54-56(46,47)50-15-19-24(53-55(43,44)45)23(40)29(52-19)37-18-36-22-26(31)34-17-35-27(22)37/h4-5,17-19,23-25,29,40-41H,6-16H2,1-3H3,(H,32,38)(H,33,42)(H,46,47)(H,48,49)(H2,31,34,35)(H2,43,44,45)/b5-4+. The largest absolute Gasteiger partial charge is 0.481 e. The number of hydrogen-bond acceptors (Lipinski definition) is 18. The number of nitrogens with zero attached hydrogens (tertiary/aromatic N) is 4. The number of aromatic nitrogens is 4. The van der Waals surface area contributed by atoms with E-state index in [-0.39, 0.29) is 41.6 Å². The van der Waals surface area contributed by atoms with Crippen molar-refractivity contribution in [2.24, 2.45) is 5.41 Å². The Morgan fingerprint density at radius 1 is 1.03 bits per heavy atom. The molecule has 0 saturated carbocycles. The molecule has 3 heterocycles. The molecule has 2 aromatic rings. The molecular formula is C30H50N7O17P3S. The summed E-state index contributed by atoms with van der Waals surface area (Å²) in [5.74, 6) is -1.05. The number of aliphatic hydroxyl groups excluding tert-OH is 2. The van der Waals surface area contributed by atoms with Crippen LogP contribution in [0.25, 0.3) is 11.2 Å². The van der Waals surface area contributed by atoms with Crippen molar-refractivity contribution in [2.45, 2.75) is 89.9 Å². The highest BCUT2D eigenvalue weighted by Crippen LogP contribution is 2.61. The highest BCUT2D eigenvalue weighted by molar-refractivity contribution is 8.13. The SMILES string of the molecule is C/C=C/CCCCCC(=O)SCCNC(=O)CCNC(=O)C(O)C(C)(C)COP(=O)(O)OP(=O)(O)OCC1OC(n2cnc3c(N)ncnc32)C(O)C1OP(=O)(O)O. The lowest BCUT2D eigenvalue weighted by Gasteiger charge is -2.30. The fraction of sp³-hybridized carbons (Fsp3) is 0.667. The van der Waals surface area contributed by atoms with E-state index < -0.39 is 84.6 Å². The Bertz CT molecular complexity index is 1880. The molecule has 0 spiro atoms. The van der Waals surface area contributed by atoms with E-state index in [1.54, 1.807) is 0 Å². The van der Waals surface area contributed by atoms with Gasteiger partial charge in [0.25, 0.3) is 0 Å². The molecule has 0 aliphatic carbocycles. The van der Waals surface area contributed by atoms with Gasteiger partial charge < -0.3 is 50.9 Å². The van der Waals surface area contributed by atoms with Crippen LogP contribution in [0.3, 0.4) is 0 Å². The first kappa shape index (κ1) is 49.7. The summed E-state index contributed by atoms with van der Waals surface area (Å²) < 4.78 is 62.2. The van der Waals surface area contributed by atoms with Gasteiger partial charge in [-0.25, -0.2) is 28.6 Å². The van der Waals surface area contributed by atoms with E-state index >= 15 is 0 Å². The maximum Gasteiger partial charge on any atom is 0.481 e. The van der Waals surface area contributed by atoms with E-state index in [1.165, 1.54) is 13.8 Å². The highest BCUT2D eigenvalue weighted by atomic mass is 32.2. The Morgan fingerprint density at radius 2 is 1.74 bits per heavy atom. The van der Waals surface area contributed by atoms with Gasteiger partial charge in [-0.3, -0.25) is 32.5 Å². The number of fused-ring (bicyclic) bond motifs is 1. The minimum absolute atomic E-state index is 0.0316. The van der Waals surface area contributed by atoms with Crippen molar-refractivity contribution >= 4 is 69.1 Å². The Labute approximate surface area is 337 Å². The van der Waals surface area contributed by atoms with Gasteiger partial charge in [0.15, 0.2) is 22.8 Å². The van der Waals surface area contributed by atoms with E-state index in [0.29, 0.717) is 12.2 Å². The monoisotopic (exact) mass is 905 g/mol. The van der Waals surface area contributed by atoms with Gasteiger partial charge >= 0.3 is 23.5 Å². The minimum atomic E-state index is -5.57. The smallest absolute Gasteiger partial charge is 0.386 e. The van der Waals surface area contributed by atoms with Crippen LogP contribution in [0.5, 0.6) is 0 Å². The number of thioether (sulfide) groups is 1. The number of rotatable bonds is 25. The molecule has 328 valence electrons. The summed E-state index contributed by atoms with van der Waals surface area (Å²) in [7, 11) is -16.4. The summed E-state index contributed by atoms with van der Waals surface area (Å²) in [6.07, 6.45) is 1.38. The van der Waals surface area contributed by atoms with Crippen LogP contribution in [0.4, 0.5) is 5.82 Å². The molecule has 28 heteroatoms. The Hall–Kier alpha value is -2.70. The van der Waals surface area contributed by atoms with Crippen molar-refractivity contribution in [3.63, 3.8) is 0 Å². The molecule has 1 aliphatic rings. The third kappa shape index (κ3) is 16.1. The van der Waals surface area contributed by atoms with Crippen LogP contribution >= 0.6 is 35.2 Å². The molecule has 7 atom stereocenters. The predicted molar refractivity (Wildman–Crippen MR) is 205 cm³/mol. The number of aliphatic hydroxyl groups is 2. The van der Waals surface area contributed by atoms with Gasteiger partial charge in [0.2, 0.25) is 11.8 Å². The van der Waals surface area contributed by atoms with Crippen LogP contribution in [0.1, 0.15) is 65.5 Å². The lowest BCUT2D eigenvalue weighted by atomic mass is 9.87. The summed E-state index contributed by atoms with van der Waals surface area (Å²) in [4.78, 5) is 87.7. The fourth-order valence-corrected chi connectivity index (χ4v) is 8.79. The van der Waals surface area contributed by atoms with Crippen molar-refractivity contribution in [1.82, 2.24) is 30.2 Å². The number of amides is 2. The van der Waals surface area contributed by atoms with Gasteiger partial charge in [0, 0.05) is 37.1 Å². The first-order chi connectivity index (χ1) is 27.1. The number of carbonyl (C=O) groups excluding carboxylic acids is 3. The number of nitrogen functional groups attached to an aromatic ring is 1. The van der Waals surface area contributed by atoms with Crippen LogP contribution in [0.2, 0.25) is 0 Å². The van der Waals surface area contributed by atoms with Crippen LogP contribution in [0, 0.1) is 5.41 Å². The van der Waals surface area contributed by atoms with Crippen molar-refractivity contribution < 1.29 is 80.5 Å². The van der Waals surface area contributed by atoms with Crippen LogP contribution < -0.4 is 16.4 Å². The minimum Gasteiger partial charge on any atom is -0.386 e. The number of anilines is 1. The maximum atomic E-state index is 12.7. The Morgan fingerprint density at radius 3 is 2.43 bits per heavy atom. The zero-order valence-corrected chi connectivity index (χ0v) is 35.3. The van der Waals surface area contributed by atoms with E-state index in [1.807, 2.05) is 13.0 Å². The zero-order valence-electron chi connectivity index (χ0n) is 31.8. The zero-order chi connectivity index (χ0) is 43.3. The predicted octanol–water partition coefficient (Wildman–Crippen LogP) is 1.19. The molecule has 10 N–H and O–H groups in total. The summed E-state index contributed by atoms with van der Waals surface area (Å²) in [6.45, 7) is 2.50. The molecule has 1 saturated heterocycles. The number of nitrogens with one attached hydrogen (secondary N) is 2. The number of unbranched alkanes of at least 4 members (excludes halogenated alkanes) is 3. The van der Waals surface area contributed by atoms with Gasteiger partial charge in [0.05, 0.1) is 19.5 Å². The van der Waals surface area contributed by atoms with Gasteiger partial charge in [-0.15, -0.1) is 0 Å². The molecule has 7 unspecified atom stereocenters. The molecule has 1 aliphatic heterocycles. The topological polar surface area (TPSA) is 364 Å². The van der Waals surface area contributed by atoms with Crippen molar-refractivity contribution in [3.05, 3.63) is 24.8 Å². The molecule has 3 rings (SSSR count). The van der Waals surface area contributed by atoms with Gasteiger partial charge in [-0.05, 0) is 26.2 Å². The first-order valence-electron chi connectivity index (χ1n) is 17.7. The summed E-state index contributed by atoms with van der Waals surface area (Å²) in [6, 6.07) is 0. The van der Waals surface area contributed by atoms with Crippen molar-refractivity contribution in [2.75, 3.05) is 37.8 Å². The fourth-order valence-electron chi connectivity index (χ4n) is 5.24. The third-order valence-corrected chi connectivity index (χ3v) is 12.3. The van der Waals surface area contributed by atoms with E-state index in [9.17, 15) is 57.9 Å². The number of allylic oxidation sites excluding steroid dienone is 2. The first-order valence-corrected chi connectivity index (χ1v) is 23.2. The number of carbonyl (C=O) groups is 3. The number of hydrogen-bond donors (Lipinski definition) is 9. The Balaban J connectivity index is 1.44. The normalized spacial score (nSPS) is 21.5. The number of ether oxygens (including phenoxy) is 1. The maximum absolute atomic E-state index is 12.7. The van der Waals surface area contributed by atoms with E-state index in [2.05, 4.69) is 40.5 Å². The lowest BCUT2D eigenvalue weighted by Crippen LogP contribution is -2.46. The molecule has 2 aromatic heterocycles. The summed E-state index contributed by atoms with van der Waals surface area (Å²) >= 11 is 1.12. The second-order valence-corrected chi connectivity index (χ2v) is 18.8. The number of nitrogens with two attached hydrogens (primary N) is 1. The van der Waals surface area contributed by atoms with Gasteiger partial charge in [-0.2, -0.15) is 4.31 Å². The third-order valence-electron chi connectivity index (χ3n) is 8.25. The molecule has 1 fully saturated rings. The lowest BCUT2D eigenvalue weighted by molar-refractivity contribution is -0.137. The summed E-state index contributed by atoms with van der Waals surface area (Å²) in [5, 5.41) is 26.5. The van der Waals surface area contributed by atoms with E-state index in [0.717, 1.165) is 54.7 Å². The average molecular weight is 906 g/mol. The van der Waals surface area contributed by atoms with Crippen LogP contribution in [0.15, 0.2) is 24.8 Å². The molecule has 0 bridgehead atoms. The highest BCUT2D eigenvalue weighted by Gasteiger charge is 2.50. The van der Waals surface area contributed by atoms with Gasteiger partial charge in [-0.1, -0.05) is 44.2 Å². The molecule has 58 heavy (non-hydrogen) atoms. The van der Waals surface area contributed by atoms with Gasteiger partial charge in [0.1, 0.15) is 36.3 Å². The van der Waals surface area contributed by atoms with Crippen LogP contribution in [-0.4, -0.2) is 123 Å². The quantitative estimate of drug-likeness (QED) is 0.0384. The molecule has 0 aromatic carbocycles. The second kappa shape index (κ2) is 22.2. The number of imidazole rings is 1. The molecule has 2 amide bonds. The Kier molecular flexibility index (Phi) is 19.0. The van der Waals surface area contributed by atoms with Crippen LogP contribution in [-0.2, 0) is 50.7 Å². The molecule has 24 nitrogen and oxygen atoms in total. The molecular weight excluding hydrogens is 855 g/mol. The van der Waals surface area contributed by atoms with Crippen molar-refractivity contribution in [1.29, 1.82) is 0 Å². The van der Waals surface area contributed by atoms with E-state index in [4.69, 9.17) is 19.5 Å². The summed E-state index contributed by atoms with van der Waals surface area (Å²) in [5.41, 5.74) is 4.27.